The topological polar surface area (TPSA) is 64.3 Å². The molecule has 1 saturated carbocycles. The van der Waals surface area contributed by atoms with Gasteiger partial charge in [-0.15, -0.1) is 0 Å². The number of amides is 1. The third-order valence-corrected chi connectivity index (χ3v) is 4.27. The van der Waals surface area contributed by atoms with E-state index in [1.54, 1.807) is 25.3 Å². The molecule has 0 heterocycles. The van der Waals surface area contributed by atoms with Crippen LogP contribution in [0.5, 0.6) is 0 Å². The Bertz CT molecular complexity index is 538. The molecule has 0 aromatic heterocycles. The van der Waals surface area contributed by atoms with E-state index in [0.717, 1.165) is 19.3 Å². The number of anilines is 1. The van der Waals surface area contributed by atoms with Crippen LogP contribution >= 0.6 is 23.8 Å². The molecule has 3 N–H and O–H groups in total. The van der Waals surface area contributed by atoms with Crippen LogP contribution in [0.4, 0.5) is 5.69 Å². The van der Waals surface area contributed by atoms with Gasteiger partial charge in [0.05, 0.1) is 22.7 Å². The number of carbonyl (C=O) groups is 1. The lowest BCUT2D eigenvalue weighted by Crippen LogP contribution is -2.42. The lowest BCUT2D eigenvalue weighted by Gasteiger charge is -2.39. The van der Waals surface area contributed by atoms with E-state index in [-0.39, 0.29) is 16.5 Å². The van der Waals surface area contributed by atoms with Crippen molar-refractivity contribution >= 4 is 40.4 Å². The number of thiocarbonyl (C=S) groups is 1. The highest BCUT2D eigenvalue weighted by atomic mass is 35.5. The molecule has 1 aromatic carbocycles. The summed E-state index contributed by atoms with van der Waals surface area (Å²) in [5.41, 5.74) is 6.46. The second-order valence-electron chi connectivity index (χ2n) is 5.02. The van der Waals surface area contributed by atoms with Gasteiger partial charge >= 0.3 is 0 Å². The van der Waals surface area contributed by atoms with Gasteiger partial charge in [-0.1, -0.05) is 29.9 Å². The zero-order valence-electron chi connectivity index (χ0n) is 11.2. The SMILES string of the molecule is COC1(CC(=O)Nc2cc(C(N)=S)ccc2Cl)CCC1. The van der Waals surface area contributed by atoms with Crippen molar-refractivity contribution in [3.8, 4) is 0 Å². The predicted molar refractivity (Wildman–Crippen MR) is 84.2 cm³/mol. The zero-order chi connectivity index (χ0) is 14.8. The van der Waals surface area contributed by atoms with Crippen LogP contribution in [0, 0.1) is 0 Å². The molecule has 1 aromatic rings. The first kappa shape index (κ1) is 15.2. The first-order valence-electron chi connectivity index (χ1n) is 6.40. The van der Waals surface area contributed by atoms with Gasteiger partial charge in [0.25, 0.3) is 0 Å². The third-order valence-electron chi connectivity index (χ3n) is 3.71. The van der Waals surface area contributed by atoms with E-state index < -0.39 is 0 Å². The lowest BCUT2D eigenvalue weighted by atomic mass is 9.77. The van der Waals surface area contributed by atoms with Crippen LogP contribution < -0.4 is 11.1 Å². The van der Waals surface area contributed by atoms with E-state index in [4.69, 9.17) is 34.3 Å². The lowest BCUT2D eigenvalue weighted by molar-refractivity contribution is -0.129. The normalized spacial score (nSPS) is 16.3. The Kier molecular flexibility index (Phi) is 4.62. The molecule has 0 spiro atoms. The maximum Gasteiger partial charge on any atom is 0.227 e. The molecular formula is C14H17ClN2O2S. The fourth-order valence-electron chi connectivity index (χ4n) is 2.29. The molecule has 1 aliphatic rings. The molecule has 1 aliphatic carbocycles. The quantitative estimate of drug-likeness (QED) is 0.821. The number of methoxy groups -OCH3 is 1. The van der Waals surface area contributed by atoms with Crippen LogP contribution in [-0.4, -0.2) is 23.6 Å². The van der Waals surface area contributed by atoms with Crippen LogP contribution in [-0.2, 0) is 9.53 Å². The summed E-state index contributed by atoms with van der Waals surface area (Å²) in [5, 5.41) is 3.25. The largest absolute Gasteiger partial charge is 0.389 e. The highest BCUT2D eigenvalue weighted by molar-refractivity contribution is 7.80. The van der Waals surface area contributed by atoms with Crippen molar-refractivity contribution in [1.82, 2.24) is 0 Å². The first-order chi connectivity index (χ1) is 9.46. The number of hydrogen-bond acceptors (Lipinski definition) is 3. The molecule has 0 radical (unpaired) electrons. The summed E-state index contributed by atoms with van der Waals surface area (Å²) in [5.74, 6) is -0.117. The van der Waals surface area contributed by atoms with Crippen molar-refractivity contribution in [2.45, 2.75) is 31.3 Å². The van der Waals surface area contributed by atoms with Crippen molar-refractivity contribution in [2.24, 2.45) is 5.73 Å². The zero-order valence-corrected chi connectivity index (χ0v) is 12.8. The molecule has 1 fully saturated rings. The van der Waals surface area contributed by atoms with Gasteiger partial charge < -0.3 is 15.8 Å². The Balaban J connectivity index is 2.07. The van der Waals surface area contributed by atoms with E-state index in [1.807, 2.05) is 0 Å². The third kappa shape index (κ3) is 3.29. The van der Waals surface area contributed by atoms with Gasteiger partial charge in [-0.2, -0.15) is 0 Å². The molecular weight excluding hydrogens is 296 g/mol. The Labute approximate surface area is 128 Å². The number of rotatable bonds is 5. The van der Waals surface area contributed by atoms with E-state index in [2.05, 4.69) is 5.32 Å². The van der Waals surface area contributed by atoms with E-state index in [1.165, 1.54) is 0 Å². The minimum Gasteiger partial charge on any atom is -0.389 e. The minimum absolute atomic E-state index is 0.117. The standard InChI is InChI=1S/C14H17ClN2O2S/c1-19-14(5-2-6-14)8-12(18)17-11-7-9(13(16)20)3-4-10(11)15/h3-4,7H,2,5-6,8H2,1H3,(H2,16,20)(H,17,18). The van der Waals surface area contributed by atoms with E-state index in [0.29, 0.717) is 22.7 Å². The number of nitrogens with one attached hydrogen (secondary N) is 1. The minimum atomic E-state index is -0.308. The van der Waals surface area contributed by atoms with Crippen LogP contribution in [0.25, 0.3) is 0 Å². The summed E-state index contributed by atoms with van der Waals surface area (Å²) >= 11 is 11.0. The van der Waals surface area contributed by atoms with Crippen LogP contribution in [0.3, 0.4) is 0 Å². The Hall–Kier alpha value is -1.17. The summed E-state index contributed by atoms with van der Waals surface area (Å²) in [6, 6.07) is 5.08. The van der Waals surface area contributed by atoms with Gasteiger partial charge in [-0.05, 0) is 31.4 Å². The molecule has 4 nitrogen and oxygen atoms in total. The number of carbonyl (C=O) groups excluding carboxylic acids is 1. The molecule has 0 aliphatic heterocycles. The van der Waals surface area contributed by atoms with Gasteiger partial charge in [0, 0.05) is 12.7 Å². The summed E-state index contributed by atoms with van der Waals surface area (Å²) in [6.45, 7) is 0. The van der Waals surface area contributed by atoms with E-state index >= 15 is 0 Å². The highest BCUT2D eigenvalue weighted by Crippen LogP contribution is 2.38. The Morgan fingerprint density at radius 1 is 1.55 bits per heavy atom. The fraction of sp³-hybridized carbons (Fsp3) is 0.429. The van der Waals surface area contributed by atoms with Crippen molar-refractivity contribution in [2.75, 3.05) is 12.4 Å². The summed E-state index contributed by atoms with van der Waals surface area (Å²) < 4.78 is 5.44. The second kappa shape index (κ2) is 6.08. The van der Waals surface area contributed by atoms with Crippen LogP contribution in [0.15, 0.2) is 18.2 Å². The van der Waals surface area contributed by atoms with Crippen molar-refractivity contribution in [3.05, 3.63) is 28.8 Å². The molecule has 0 saturated heterocycles. The maximum atomic E-state index is 12.1. The molecule has 0 unspecified atom stereocenters. The summed E-state index contributed by atoms with van der Waals surface area (Å²) in [6.07, 6.45) is 3.26. The summed E-state index contributed by atoms with van der Waals surface area (Å²) in [7, 11) is 1.65. The molecule has 1 amide bonds. The molecule has 0 atom stereocenters. The first-order valence-corrected chi connectivity index (χ1v) is 7.19. The van der Waals surface area contributed by atoms with Crippen LogP contribution in [0.2, 0.25) is 5.02 Å². The average molecular weight is 313 g/mol. The molecule has 2 rings (SSSR count). The van der Waals surface area contributed by atoms with Gasteiger partial charge in [-0.25, -0.2) is 0 Å². The highest BCUT2D eigenvalue weighted by Gasteiger charge is 2.39. The summed E-state index contributed by atoms with van der Waals surface area (Å²) in [4.78, 5) is 12.4. The number of ether oxygens (including phenoxy) is 1. The van der Waals surface area contributed by atoms with Gasteiger partial charge in [0.15, 0.2) is 0 Å². The van der Waals surface area contributed by atoms with Crippen molar-refractivity contribution < 1.29 is 9.53 Å². The van der Waals surface area contributed by atoms with Gasteiger partial charge in [0.2, 0.25) is 5.91 Å². The monoisotopic (exact) mass is 312 g/mol. The molecule has 6 heteroatoms. The number of nitrogens with two attached hydrogens (primary N) is 1. The smallest absolute Gasteiger partial charge is 0.227 e. The fourth-order valence-corrected chi connectivity index (χ4v) is 2.58. The molecule has 108 valence electrons. The predicted octanol–water partition coefficient (Wildman–Crippen LogP) is 2.87. The number of benzene rings is 1. The van der Waals surface area contributed by atoms with Crippen molar-refractivity contribution in [1.29, 1.82) is 0 Å². The molecule has 20 heavy (non-hydrogen) atoms. The van der Waals surface area contributed by atoms with Crippen LogP contribution in [0.1, 0.15) is 31.2 Å². The Morgan fingerprint density at radius 2 is 2.25 bits per heavy atom. The molecule has 0 bridgehead atoms. The maximum absolute atomic E-state index is 12.1. The number of halogens is 1. The van der Waals surface area contributed by atoms with Gasteiger partial charge in [-0.3, -0.25) is 4.79 Å². The van der Waals surface area contributed by atoms with Crippen molar-refractivity contribution in [3.63, 3.8) is 0 Å². The number of hydrogen-bond donors (Lipinski definition) is 2. The average Bonchev–Trinajstić information content (AvgIpc) is 2.36. The van der Waals surface area contributed by atoms with Gasteiger partial charge in [0.1, 0.15) is 4.99 Å². The van der Waals surface area contributed by atoms with E-state index in [9.17, 15) is 4.79 Å². The second-order valence-corrected chi connectivity index (χ2v) is 5.87. The Morgan fingerprint density at radius 3 is 2.75 bits per heavy atom.